The van der Waals surface area contributed by atoms with Gasteiger partial charge in [0.15, 0.2) is 9.84 Å². The molecule has 2 rings (SSSR count). The summed E-state index contributed by atoms with van der Waals surface area (Å²) in [6.07, 6.45) is 0. The minimum absolute atomic E-state index is 0.0867. The number of hydrogen-bond acceptors (Lipinski definition) is 3. The summed E-state index contributed by atoms with van der Waals surface area (Å²) < 4.78 is 38.0. The highest BCUT2D eigenvalue weighted by Crippen LogP contribution is 2.28. The van der Waals surface area contributed by atoms with E-state index in [0.717, 1.165) is 0 Å². The fraction of sp³-hybridized carbons (Fsp3) is 0.143. The Hall–Kier alpha value is -1.43. The Balaban J connectivity index is 2.44. The van der Waals surface area contributed by atoms with Gasteiger partial charge < -0.3 is 5.73 Å². The second-order valence-corrected chi connectivity index (χ2v) is 6.84. The summed E-state index contributed by atoms with van der Waals surface area (Å²) >= 11 is 5.75. The second-order valence-electron chi connectivity index (χ2n) is 4.27. The summed E-state index contributed by atoms with van der Waals surface area (Å²) in [4.78, 5) is 0.140. The smallest absolute Gasteiger partial charge is 0.186 e. The monoisotopic (exact) mass is 313 g/mol. The molecule has 0 aromatic heterocycles. The van der Waals surface area contributed by atoms with Gasteiger partial charge in [-0.3, -0.25) is 0 Å². The van der Waals surface area contributed by atoms with Crippen LogP contribution >= 0.6 is 11.6 Å². The maximum atomic E-state index is 12.9. The zero-order valence-electron chi connectivity index (χ0n) is 10.5. The number of halogens is 2. The highest BCUT2D eigenvalue weighted by molar-refractivity contribution is 7.91. The van der Waals surface area contributed by atoms with Crippen LogP contribution in [0.25, 0.3) is 0 Å². The summed E-state index contributed by atoms with van der Waals surface area (Å²) in [6.45, 7) is -0.0867. The van der Waals surface area contributed by atoms with Gasteiger partial charge in [0.2, 0.25) is 0 Å². The van der Waals surface area contributed by atoms with Crippen molar-refractivity contribution in [1.29, 1.82) is 0 Å². The predicted octanol–water partition coefficient (Wildman–Crippen LogP) is 2.95. The van der Waals surface area contributed by atoms with Gasteiger partial charge in [0, 0.05) is 11.6 Å². The van der Waals surface area contributed by atoms with Crippen LogP contribution in [0.2, 0.25) is 5.02 Å². The molecule has 2 N–H and O–H groups in total. The highest BCUT2D eigenvalue weighted by atomic mass is 35.5. The van der Waals surface area contributed by atoms with Gasteiger partial charge in [-0.1, -0.05) is 23.7 Å². The molecule has 2 aromatic rings. The van der Waals surface area contributed by atoms with Crippen molar-refractivity contribution < 1.29 is 12.8 Å². The molecule has 20 heavy (non-hydrogen) atoms. The first-order chi connectivity index (χ1) is 9.45. The Labute approximate surface area is 122 Å². The Kier molecular flexibility index (Phi) is 4.42. The molecule has 0 spiro atoms. The van der Waals surface area contributed by atoms with Gasteiger partial charge in [0.05, 0.1) is 4.90 Å². The lowest BCUT2D eigenvalue weighted by Crippen LogP contribution is -2.22. The Morgan fingerprint density at radius 2 is 1.60 bits per heavy atom. The SMILES string of the molecule is NC[C@@H](c1ccc(F)cc1)S(=O)(=O)c1ccc(Cl)cc1. The number of benzene rings is 2. The molecule has 0 fully saturated rings. The van der Waals surface area contributed by atoms with Crippen LogP contribution in [-0.4, -0.2) is 15.0 Å². The van der Waals surface area contributed by atoms with Crippen molar-refractivity contribution in [2.24, 2.45) is 5.73 Å². The van der Waals surface area contributed by atoms with Crippen LogP contribution in [-0.2, 0) is 9.84 Å². The highest BCUT2D eigenvalue weighted by Gasteiger charge is 2.27. The average molecular weight is 314 g/mol. The summed E-state index contributed by atoms with van der Waals surface area (Å²) in [5.41, 5.74) is 6.06. The van der Waals surface area contributed by atoms with Crippen LogP contribution in [0.15, 0.2) is 53.4 Å². The van der Waals surface area contributed by atoms with E-state index in [2.05, 4.69) is 0 Å². The minimum Gasteiger partial charge on any atom is -0.329 e. The first kappa shape index (κ1) is 15.0. The molecule has 0 aliphatic carbocycles. The zero-order valence-corrected chi connectivity index (χ0v) is 12.0. The summed E-state index contributed by atoms with van der Waals surface area (Å²) in [7, 11) is -3.64. The van der Waals surface area contributed by atoms with Crippen molar-refractivity contribution in [2.75, 3.05) is 6.54 Å². The quantitative estimate of drug-likeness (QED) is 0.944. The molecular weight excluding hydrogens is 301 g/mol. The van der Waals surface area contributed by atoms with Crippen molar-refractivity contribution in [2.45, 2.75) is 10.1 Å². The molecule has 0 aliphatic heterocycles. The molecule has 0 radical (unpaired) electrons. The van der Waals surface area contributed by atoms with E-state index in [9.17, 15) is 12.8 Å². The number of sulfone groups is 1. The van der Waals surface area contributed by atoms with E-state index >= 15 is 0 Å². The summed E-state index contributed by atoms with van der Waals surface area (Å²) in [6, 6.07) is 11.2. The molecule has 0 heterocycles. The third-order valence-corrected chi connectivity index (χ3v) is 5.37. The van der Waals surface area contributed by atoms with Gasteiger partial charge in [0.1, 0.15) is 11.1 Å². The zero-order chi connectivity index (χ0) is 14.8. The first-order valence-corrected chi connectivity index (χ1v) is 7.82. The van der Waals surface area contributed by atoms with Gasteiger partial charge in [-0.2, -0.15) is 0 Å². The van der Waals surface area contributed by atoms with E-state index in [1.54, 1.807) is 0 Å². The molecule has 0 saturated carbocycles. The maximum Gasteiger partial charge on any atom is 0.186 e. The van der Waals surface area contributed by atoms with Crippen LogP contribution in [0, 0.1) is 5.82 Å². The molecular formula is C14H13ClFNO2S. The molecule has 0 aliphatic rings. The molecule has 0 unspecified atom stereocenters. The summed E-state index contributed by atoms with van der Waals surface area (Å²) in [5, 5.41) is -0.459. The number of hydrogen-bond donors (Lipinski definition) is 1. The fourth-order valence-corrected chi connectivity index (χ4v) is 3.65. The van der Waals surface area contributed by atoms with Gasteiger partial charge in [-0.15, -0.1) is 0 Å². The van der Waals surface area contributed by atoms with Crippen LogP contribution in [0.1, 0.15) is 10.8 Å². The van der Waals surface area contributed by atoms with Crippen molar-refractivity contribution >= 4 is 21.4 Å². The molecule has 1 atom stereocenters. The van der Waals surface area contributed by atoms with E-state index < -0.39 is 20.9 Å². The van der Waals surface area contributed by atoms with E-state index in [4.69, 9.17) is 17.3 Å². The fourth-order valence-electron chi connectivity index (χ4n) is 1.91. The Morgan fingerprint density at radius 1 is 1.05 bits per heavy atom. The van der Waals surface area contributed by atoms with Crippen LogP contribution in [0.4, 0.5) is 4.39 Å². The van der Waals surface area contributed by atoms with Gasteiger partial charge >= 0.3 is 0 Å². The van der Waals surface area contributed by atoms with E-state index in [1.807, 2.05) is 0 Å². The maximum absolute atomic E-state index is 12.9. The topological polar surface area (TPSA) is 60.2 Å². The van der Waals surface area contributed by atoms with E-state index in [1.165, 1.54) is 48.5 Å². The van der Waals surface area contributed by atoms with E-state index in [-0.39, 0.29) is 11.4 Å². The average Bonchev–Trinajstić information content (AvgIpc) is 2.42. The van der Waals surface area contributed by atoms with Crippen molar-refractivity contribution in [1.82, 2.24) is 0 Å². The summed E-state index contributed by atoms with van der Waals surface area (Å²) in [5.74, 6) is -0.423. The third-order valence-electron chi connectivity index (χ3n) is 2.97. The largest absolute Gasteiger partial charge is 0.329 e. The Morgan fingerprint density at radius 3 is 2.10 bits per heavy atom. The molecule has 0 amide bonds. The molecule has 0 bridgehead atoms. The predicted molar refractivity (Wildman–Crippen MR) is 76.8 cm³/mol. The standard InChI is InChI=1S/C14H13ClFNO2S/c15-11-3-7-13(8-4-11)20(18,19)14(9-17)10-1-5-12(16)6-2-10/h1-8,14H,9,17H2/t14-/m0/s1. The van der Waals surface area contributed by atoms with Crippen LogP contribution in [0.5, 0.6) is 0 Å². The molecule has 2 aromatic carbocycles. The van der Waals surface area contributed by atoms with Crippen molar-refractivity contribution in [3.63, 3.8) is 0 Å². The first-order valence-electron chi connectivity index (χ1n) is 5.90. The van der Waals surface area contributed by atoms with E-state index in [0.29, 0.717) is 10.6 Å². The number of nitrogens with two attached hydrogens (primary N) is 1. The van der Waals surface area contributed by atoms with Gasteiger partial charge in [-0.05, 0) is 42.0 Å². The Bertz CT molecular complexity index is 684. The van der Waals surface area contributed by atoms with Crippen LogP contribution < -0.4 is 5.73 Å². The second kappa shape index (κ2) is 5.91. The molecule has 6 heteroatoms. The van der Waals surface area contributed by atoms with Gasteiger partial charge in [-0.25, -0.2) is 12.8 Å². The lowest BCUT2D eigenvalue weighted by molar-refractivity contribution is 0.581. The normalized spacial score (nSPS) is 13.2. The molecule has 106 valence electrons. The molecule has 3 nitrogen and oxygen atoms in total. The minimum atomic E-state index is -3.64. The number of rotatable bonds is 4. The third kappa shape index (κ3) is 3.00. The molecule has 0 saturated heterocycles. The van der Waals surface area contributed by atoms with Crippen LogP contribution in [0.3, 0.4) is 0 Å². The van der Waals surface area contributed by atoms with Crippen molar-refractivity contribution in [3.05, 3.63) is 64.9 Å². The lowest BCUT2D eigenvalue weighted by Gasteiger charge is -2.16. The lowest BCUT2D eigenvalue weighted by atomic mass is 10.1. The van der Waals surface area contributed by atoms with Crippen molar-refractivity contribution in [3.8, 4) is 0 Å². The van der Waals surface area contributed by atoms with Gasteiger partial charge in [0.25, 0.3) is 0 Å².